The van der Waals surface area contributed by atoms with Crippen molar-refractivity contribution in [3.8, 4) is 0 Å². The predicted molar refractivity (Wildman–Crippen MR) is 70.9 cm³/mol. The summed E-state index contributed by atoms with van der Waals surface area (Å²) in [5.41, 5.74) is 0.817. The van der Waals surface area contributed by atoms with E-state index < -0.39 is 5.97 Å². The van der Waals surface area contributed by atoms with Crippen molar-refractivity contribution < 1.29 is 9.90 Å². The highest BCUT2D eigenvalue weighted by Crippen LogP contribution is 2.19. The summed E-state index contributed by atoms with van der Waals surface area (Å²) in [6, 6.07) is 3.34. The number of rotatable bonds is 4. The zero-order valence-electron chi connectivity index (χ0n) is 10.5. The Morgan fingerprint density at radius 2 is 2.33 bits per heavy atom. The maximum absolute atomic E-state index is 10.9. The third-order valence-electron chi connectivity index (χ3n) is 3.27. The van der Waals surface area contributed by atoms with E-state index in [1.165, 1.54) is 6.42 Å². The van der Waals surface area contributed by atoms with Crippen LogP contribution in [0.1, 0.15) is 35.3 Å². The van der Waals surface area contributed by atoms with Crippen LogP contribution >= 0.6 is 0 Å². The fraction of sp³-hybridized carbons (Fsp3) is 0.429. The standard InChI is InChI=1S/C14H18N2O2/c1-10-12(14(17)18)7-8-13(16-10)15-9-11-5-3-2-4-6-11/h2-3,7-8,11H,4-6,9H2,1H3,(H,15,16)(H,17,18). The Morgan fingerprint density at radius 1 is 1.50 bits per heavy atom. The van der Waals surface area contributed by atoms with Gasteiger partial charge in [-0.1, -0.05) is 12.2 Å². The molecule has 1 unspecified atom stereocenters. The summed E-state index contributed by atoms with van der Waals surface area (Å²) >= 11 is 0. The van der Waals surface area contributed by atoms with Crippen LogP contribution in [0.5, 0.6) is 0 Å². The van der Waals surface area contributed by atoms with E-state index in [0.717, 1.165) is 25.2 Å². The van der Waals surface area contributed by atoms with E-state index in [1.807, 2.05) is 0 Å². The number of carboxylic acid groups (broad SMARTS) is 1. The van der Waals surface area contributed by atoms with Gasteiger partial charge >= 0.3 is 5.97 Å². The Bertz CT molecular complexity index is 469. The maximum Gasteiger partial charge on any atom is 0.337 e. The fourth-order valence-corrected chi connectivity index (χ4v) is 2.18. The summed E-state index contributed by atoms with van der Waals surface area (Å²) in [7, 11) is 0. The van der Waals surface area contributed by atoms with Gasteiger partial charge in [0.2, 0.25) is 0 Å². The number of carbonyl (C=O) groups is 1. The highest BCUT2D eigenvalue weighted by Gasteiger charge is 2.11. The average molecular weight is 246 g/mol. The Kier molecular flexibility index (Phi) is 3.97. The zero-order chi connectivity index (χ0) is 13.0. The lowest BCUT2D eigenvalue weighted by molar-refractivity contribution is 0.0695. The molecule has 0 bridgehead atoms. The molecule has 1 aromatic heterocycles. The van der Waals surface area contributed by atoms with Crippen molar-refractivity contribution in [1.82, 2.24) is 4.98 Å². The van der Waals surface area contributed by atoms with Gasteiger partial charge in [0.1, 0.15) is 5.82 Å². The first-order chi connectivity index (χ1) is 8.66. The molecule has 1 aliphatic carbocycles. The van der Waals surface area contributed by atoms with Crippen LogP contribution in [0.15, 0.2) is 24.3 Å². The van der Waals surface area contributed by atoms with Crippen LogP contribution in [0, 0.1) is 12.8 Å². The molecule has 0 aromatic carbocycles. The van der Waals surface area contributed by atoms with E-state index in [-0.39, 0.29) is 5.56 Å². The molecule has 0 saturated heterocycles. The van der Waals surface area contributed by atoms with Crippen LogP contribution in [0.3, 0.4) is 0 Å². The van der Waals surface area contributed by atoms with Crippen LogP contribution in [0.4, 0.5) is 5.82 Å². The molecule has 2 rings (SSSR count). The van der Waals surface area contributed by atoms with Crippen LogP contribution in [0.2, 0.25) is 0 Å². The Hall–Kier alpha value is -1.84. The molecule has 0 aliphatic heterocycles. The second-order valence-corrected chi connectivity index (χ2v) is 4.67. The second kappa shape index (κ2) is 5.67. The number of nitrogens with zero attached hydrogens (tertiary/aromatic N) is 1. The normalized spacial score (nSPS) is 18.6. The topological polar surface area (TPSA) is 62.2 Å². The maximum atomic E-state index is 10.9. The highest BCUT2D eigenvalue weighted by molar-refractivity contribution is 5.89. The minimum absolute atomic E-state index is 0.265. The first-order valence-corrected chi connectivity index (χ1v) is 6.26. The quantitative estimate of drug-likeness (QED) is 0.802. The molecule has 18 heavy (non-hydrogen) atoms. The molecular formula is C14H18N2O2. The van der Waals surface area contributed by atoms with E-state index in [4.69, 9.17) is 5.11 Å². The number of hydrogen-bond donors (Lipinski definition) is 2. The van der Waals surface area contributed by atoms with E-state index in [1.54, 1.807) is 19.1 Å². The molecular weight excluding hydrogens is 228 g/mol. The molecule has 4 nitrogen and oxygen atoms in total. The molecule has 0 spiro atoms. The number of allylic oxidation sites excluding steroid dienone is 2. The van der Waals surface area contributed by atoms with Crippen molar-refractivity contribution in [3.63, 3.8) is 0 Å². The van der Waals surface area contributed by atoms with Crippen LogP contribution in [-0.4, -0.2) is 22.6 Å². The van der Waals surface area contributed by atoms with Crippen LogP contribution in [-0.2, 0) is 0 Å². The highest BCUT2D eigenvalue weighted by atomic mass is 16.4. The van der Waals surface area contributed by atoms with Gasteiger partial charge in [-0.3, -0.25) is 0 Å². The summed E-state index contributed by atoms with van der Waals surface area (Å²) in [4.78, 5) is 15.1. The molecule has 4 heteroatoms. The van der Waals surface area contributed by atoms with Crippen molar-refractivity contribution in [2.45, 2.75) is 26.2 Å². The number of aromatic nitrogens is 1. The monoisotopic (exact) mass is 246 g/mol. The number of carboxylic acids is 1. The van der Waals surface area contributed by atoms with Gasteiger partial charge < -0.3 is 10.4 Å². The molecule has 0 saturated carbocycles. The lowest BCUT2D eigenvalue weighted by Gasteiger charge is -2.18. The van der Waals surface area contributed by atoms with Gasteiger partial charge in [0.15, 0.2) is 0 Å². The van der Waals surface area contributed by atoms with Gasteiger partial charge in [-0.05, 0) is 44.2 Å². The van der Waals surface area contributed by atoms with Crippen molar-refractivity contribution >= 4 is 11.8 Å². The molecule has 2 N–H and O–H groups in total. The zero-order valence-corrected chi connectivity index (χ0v) is 10.5. The Morgan fingerprint density at radius 3 is 2.94 bits per heavy atom. The molecule has 1 heterocycles. The smallest absolute Gasteiger partial charge is 0.337 e. The van der Waals surface area contributed by atoms with E-state index in [0.29, 0.717) is 11.6 Å². The predicted octanol–water partition coefficient (Wildman–Crippen LogP) is 2.86. The Labute approximate surface area is 107 Å². The summed E-state index contributed by atoms with van der Waals surface area (Å²) in [6.07, 6.45) is 7.91. The Balaban J connectivity index is 1.95. The minimum Gasteiger partial charge on any atom is -0.478 e. The molecule has 0 amide bonds. The molecule has 0 radical (unpaired) electrons. The van der Waals surface area contributed by atoms with Crippen molar-refractivity contribution in [2.75, 3.05) is 11.9 Å². The third-order valence-corrected chi connectivity index (χ3v) is 3.27. The van der Waals surface area contributed by atoms with Crippen LogP contribution < -0.4 is 5.32 Å². The van der Waals surface area contributed by atoms with E-state index in [9.17, 15) is 4.79 Å². The SMILES string of the molecule is Cc1nc(NCC2CC=CCC2)ccc1C(=O)O. The first kappa shape index (κ1) is 12.6. The lowest BCUT2D eigenvalue weighted by atomic mass is 9.94. The molecule has 0 fully saturated rings. The fourth-order valence-electron chi connectivity index (χ4n) is 2.18. The summed E-state index contributed by atoms with van der Waals surface area (Å²) in [5.74, 6) is 0.479. The molecule has 1 aromatic rings. The van der Waals surface area contributed by atoms with Crippen molar-refractivity contribution in [1.29, 1.82) is 0 Å². The van der Waals surface area contributed by atoms with Gasteiger partial charge in [-0.2, -0.15) is 0 Å². The number of pyridine rings is 1. The summed E-state index contributed by atoms with van der Waals surface area (Å²) < 4.78 is 0. The van der Waals surface area contributed by atoms with Crippen molar-refractivity contribution in [2.24, 2.45) is 5.92 Å². The van der Waals surface area contributed by atoms with Gasteiger partial charge in [-0.25, -0.2) is 9.78 Å². The second-order valence-electron chi connectivity index (χ2n) is 4.67. The molecule has 1 atom stereocenters. The number of nitrogens with one attached hydrogen (secondary N) is 1. The van der Waals surface area contributed by atoms with Crippen molar-refractivity contribution in [3.05, 3.63) is 35.5 Å². The van der Waals surface area contributed by atoms with E-state index >= 15 is 0 Å². The lowest BCUT2D eigenvalue weighted by Crippen LogP contribution is -2.16. The largest absolute Gasteiger partial charge is 0.478 e. The first-order valence-electron chi connectivity index (χ1n) is 6.26. The van der Waals surface area contributed by atoms with Crippen LogP contribution in [0.25, 0.3) is 0 Å². The minimum atomic E-state index is -0.927. The van der Waals surface area contributed by atoms with Gasteiger partial charge in [0.25, 0.3) is 0 Å². The van der Waals surface area contributed by atoms with Gasteiger partial charge in [-0.15, -0.1) is 0 Å². The van der Waals surface area contributed by atoms with Gasteiger partial charge in [0.05, 0.1) is 11.3 Å². The number of hydrogen-bond acceptors (Lipinski definition) is 3. The number of aromatic carboxylic acids is 1. The number of aryl methyl sites for hydroxylation is 1. The van der Waals surface area contributed by atoms with E-state index in [2.05, 4.69) is 22.5 Å². The third kappa shape index (κ3) is 3.09. The van der Waals surface area contributed by atoms with Gasteiger partial charge in [0, 0.05) is 6.54 Å². The average Bonchev–Trinajstić information content (AvgIpc) is 2.37. The summed E-state index contributed by atoms with van der Waals surface area (Å²) in [6.45, 7) is 2.61. The summed E-state index contributed by atoms with van der Waals surface area (Å²) in [5, 5.41) is 12.2. The molecule has 96 valence electrons. The molecule has 1 aliphatic rings. The number of anilines is 1.